The van der Waals surface area contributed by atoms with Gasteiger partial charge in [-0.25, -0.2) is 9.37 Å². The van der Waals surface area contributed by atoms with Crippen LogP contribution < -0.4 is 20.3 Å². The Kier molecular flexibility index (Phi) is 10.9. The minimum Gasteiger partial charge on any atom is -0.478 e. The van der Waals surface area contributed by atoms with Crippen LogP contribution in [-0.2, 0) is 4.79 Å². The largest absolute Gasteiger partial charge is 0.478 e. The van der Waals surface area contributed by atoms with Gasteiger partial charge in [-0.3, -0.25) is 9.59 Å². The molecule has 2 aromatic rings. The van der Waals surface area contributed by atoms with E-state index in [0.717, 1.165) is 0 Å². The van der Waals surface area contributed by atoms with Gasteiger partial charge in [0.1, 0.15) is 5.82 Å². The van der Waals surface area contributed by atoms with Crippen LogP contribution in [0.25, 0.3) is 11.1 Å². The Bertz CT molecular complexity index is 1270. The maximum absolute atomic E-state index is 16.4. The number of piperazine rings is 1. The molecule has 1 saturated carbocycles. The molecule has 8 nitrogen and oxygen atoms in total. The van der Waals surface area contributed by atoms with E-state index < -0.39 is 29.7 Å². The molecule has 1 aliphatic carbocycles. The van der Waals surface area contributed by atoms with Gasteiger partial charge in [-0.2, -0.15) is 13.2 Å². The molecule has 1 aromatic carbocycles. The van der Waals surface area contributed by atoms with E-state index in [1.807, 2.05) is 11.8 Å². The number of amides is 2. The lowest BCUT2D eigenvalue weighted by atomic mass is 9.81. The van der Waals surface area contributed by atoms with Crippen molar-refractivity contribution in [3.05, 3.63) is 41.8 Å². The molecule has 2 heterocycles. The Hall–Kier alpha value is -3.41. The fourth-order valence-electron chi connectivity index (χ4n) is 6.11. The SMILES string of the molecule is CCOc1ncccc1-c1ccc(N2CCN(C(=O)C3CCC(C(F)(F)F)CC3)C[C@H]2CC)c(C(=O)NCCNC)c1F. The Balaban J connectivity index is 1.60. The van der Waals surface area contributed by atoms with Crippen molar-refractivity contribution < 1.29 is 31.9 Å². The van der Waals surface area contributed by atoms with E-state index >= 15 is 4.39 Å². The zero-order valence-corrected chi connectivity index (χ0v) is 25.0. The molecule has 2 N–H and O–H groups in total. The topological polar surface area (TPSA) is 86.8 Å². The molecule has 236 valence electrons. The molecule has 1 saturated heterocycles. The van der Waals surface area contributed by atoms with Crippen LogP contribution in [0.2, 0.25) is 0 Å². The highest BCUT2D eigenvalue weighted by molar-refractivity contribution is 6.02. The van der Waals surface area contributed by atoms with Gasteiger partial charge in [-0.15, -0.1) is 0 Å². The van der Waals surface area contributed by atoms with Gasteiger partial charge in [-0.05, 0) is 70.3 Å². The first-order valence-corrected chi connectivity index (χ1v) is 15.1. The smallest absolute Gasteiger partial charge is 0.391 e. The Morgan fingerprint density at radius 1 is 1.05 bits per heavy atom. The number of hydrogen-bond acceptors (Lipinski definition) is 6. The first-order valence-electron chi connectivity index (χ1n) is 15.1. The zero-order valence-electron chi connectivity index (χ0n) is 25.0. The number of aromatic nitrogens is 1. The molecule has 0 radical (unpaired) electrons. The average molecular weight is 608 g/mol. The summed E-state index contributed by atoms with van der Waals surface area (Å²) in [5.74, 6) is -2.87. The summed E-state index contributed by atoms with van der Waals surface area (Å²) in [7, 11) is 1.76. The maximum Gasteiger partial charge on any atom is 0.391 e. The highest BCUT2D eigenvalue weighted by Crippen LogP contribution is 2.41. The molecule has 1 aliphatic heterocycles. The number of pyridine rings is 1. The molecular weight excluding hydrogens is 566 g/mol. The summed E-state index contributed by atoms with van der Waals surface area (Å²) in [6.45, 7) is 5.93. The number of nitrogens with zero attached hydrogens (tertiary/aromatic N) is 3. The van der Waals surface area contributed by atoms with Gasteiger partial charge in [0.2, 0.25) is 11.8 Å². The quantitative estimate of drug-likeness (QED) is 0.291. The van der Waals surface area contributed by atoms with Crippen molar-refractivity contribution in [3.63, 3.8) is 0 Å². The average Bonchev–Trinajstić information content (AvgIpc) is 3.00. The number of nitrogens with one attached hydrogen (secondary N) is 2. The van der Waals surface area contributed by atoms with E-state index in [1.165, 1.54) is 0 Å². The van der Waals surface area contributed by atoms with E-state index in [1.54, 1.807) is 49.3 Å². The van der Waals surface area contributed by atoms with Crippen LogP contribution in [0.3, 0.4) is 0 Å². The van der Waals surface area contributed by atoms with Crippen LogP contribution in [0.5, 0.6) is 5.88 Å². The number of carbonyl (C=O) groups is 2. The molecule has 1 aromatic heterocycles. The molecule has 4 rings (SSSR count). The second-order valence-electron chi connectivity index (χ2n) is 11.1. The van der Waals surface area contributed by atoms with Crippen LogP contribution in [-0.4, -0.2) is 80.3 Å². The van der Waals surface area contributed by atoms with E-state index in [0.29, 0.717) is 57.0 Å². The second-order valence-corrected chi connectivity index (χ2v) is 11.1. The van der Waals surface area contributed by atoms with E-state index in [9.17, 15) is 22.8 Å². The van der Waals surface area contributed by atoms with Gasteiger partial charge >= 0.3 is 6.18 Å². The highest BCUT2D eigenvalue weighted by Gasteiger charge is 2.43. The van der Waals surface area contributed by atoms with E-state index in [4.69, 9.17) is 4.74 Å². The van der Waals surface area contributed by atoms with Crippen molar-refractivity contribution in [1.29, 1.82) is 0 Å². The molecule has 0 unspecified atom stereocenters. The number of carbonyl (C=O) groups excluding carboxylic acids is 2. The standard InChI is InChI=1S/C31H41F4N5O3/c1-4-22-19-39(30(42)20-8-10-21(11-9-20)31(33,34)35)17-18-40(22)25-13-12-23(24-7-6-14-38-29(24)43-5-2)27(32)26(25)28(41)37-16-15-36-3/h6-7,12-14,20-22,36H,4-5,8-11,15-19H2,1-3H3,(H,37,41)/t20?,21?,22-/m1/s1. The molecule has 12 heteroatoms. The van der Waals surface area contributed by atoms with E-state index in [2.05, 4.69) is 15.6 Å². The van der Waals surface area contributed by atoms with Crippen molar-refractivity contribution in [2.24, 2.45) is 11.8 Å². The van der Waals surface area contributed by atoms with Gasteiger partial charge in [0.05, 0.1) is 23.8 Å². The van der Waals surface area contributed by atoms with Crippen LogP contribution in [0.4, 0.5) is 23.2 Å². The summed E-state index contributed by atoms with van der Waals surface area (Å²) in [6, 6.07) is 6.51. The molecule has 2 fully saturated rings. The zero-order chi connectivity index (χ0) is 31.1. The molecule has 0 bridgehead atoms. The van der Waals surface area contributed by atoms with Crippen LogP contribution in [0, 0.1) is 17.7 Å². The van der Waals surface area contributed by atoms with Crippen LogP contribution >= 0.6 is 0 Å². The first kappa shape index (κ1) is 32.5. The monoisotopic (exact) mass is 607 g/mol. The van der Waals surface area contributed by atoms with Crippen molar-refractivity contribution in [2.75, 3.05) is 51.3 Å². The molecule has 2 aliphatic rings. The van der Waals surface area contributed by atoms with Crippen LogP contribution in [0.15, 0.2) is 30.5 Å². The number of anilines is 1. The Morgan fingerprint density at radius 2 is 1.79 bits per heavy atom. The van der Waals surface area contributed by atoms with Crippen molar-refractivity contribution in [2.45, 2.75) is 58.2 Å². The number of likely N-dealkylation sites (N-methyl/N-ethyl adjacent to an activating group) is 1. The second kappa shape index (κ2) is 14.4. The summed E-state index contributed by atoms with van der Waals surface area (Å²) < 4.78 is 61.5. The summed E-state index contributed by atoms with van der Waals surface area (Å²) in [4.78, 5) is 34.8. The fraction of sp³-hybridized carbons (Fsp3) is 0.581. The lowest BCUT2D eigenvalue weighted by Crippen LogP contribution is -2.56. The lowest BCUT2D eigenvalue weighted by molar-refractivity contribution is -0.185. The minimum absolute atomic E-state index is 0.0311. The summed E-state index contributed by atoms with van der Waals surface area (Å²) in [5.41, 5.74) is 0.953. The third-order valence-corrected chi connectivity index (χ3v) is 8.46. The minimum atomic E-state index is -4.23. The summed E-state index contributed by atoms with van der Waals surface area (Å²) >= 11 is 0. The molecule has 0 spiro atoms. The molecule has 43 heavy (non-hydrogen) atoms. The van der Waals surface area contributed by atoms with Gasteiger partial charge in [0.25, 0.3) is 5.91 Å². The molecule has 2 amide bonds. The number of rotatable bonds is 10. The first-order chi connectivity index (χ1) is 20.6. The third kappa shape index (κ3) is 7.39. The van der Waals surface area contributed by atoms with Gasteiger partial charge in [-0.1, -0.05) is 6.92 Å². The third-order valence-electron chi connectivity index (χ3n) is 8.46. The van der Waals surface area contributed by atoms with Crippen molar-refractivity contribution in [3.8, 4) is 17.0 Å². The normalized spacial score (nSPS) is 21.0. The Morgan fingerprint density at radius 3 is 2.44 bits per heavy atom. The van der Waals surface area contributed by atoms with E-state index in [-0.39, 0.29) is 54.6 Å². The predicted octanol–water partition coefficient (Wildman–Crippen LogP) is 5.03. The number of alkyl halides is 3. The molecular formula is C31H41F4N5O3. The van der Waals surface area contributed by atoms with Crippen molar-refractivity contribution >= 4 is 17.5 Å². The summed E-state index contributed by atoms with van der Waals surface area (Å²) in [5, 5.41) is 5.75. The number of ether oxygens (including phenoxy) is 1. The molecule has 1 atom stereocenters. The predicted molar refractivity (Wildman–Crippen MR) is 157 cm³/mol. The Labute approximate surface area is 250 Å². The number of benzene rings is 1. The van der Waals surface area contributed by atoms with Crippen LogP contribution in [0.1, 0.15) is 56.3 Å². The number of halogens is 4. The van der Waals surface area contributed by atoms with Gasteiger partial charge < -0.3 is 25.2 Å². The fourth-order valence-corrected chi connectivity index (χ4v) is 6.11. The van der Waals surface area contributed by atoms with Gasteiger partial charge in [0.15, 0.2) is 0 Å². The van der Waals surface area contributed by atoms with Gasteiger partial charge in [0, 0.05) is 62.0 Å². The highest BCUT2D eigenvalue weighted by atomic mass is 19.4. The maximum atomic E-state index is 16.4. The van der Waals surface area contributed by atoms with Crippen molar-refractivity contribution in [1.82, 2.24) is 20.5 Å². The number of hydrogen-bond donors (Lipinski definition) is 2. The lowest BCUT2D eigenvalue weighted by Gasteiger charge is -2.44. The summed E-state index contributed by atoms with van der Waals surface area (Å²) in [6.07, 6.45) is -1.67.